The van der Waals surface area contributed by atoms with Gasteiger partial charge in [0.2, 0.25) is 5.95 Å². The van der Waals surface area contributed by atoms with Crippen LogP contribution in [0.3, 0.4) is 0 Å². The number of halogens is 2. The van der Waals surface area contributed by atoms with Crippen LogP contribution in [0.5, 0.6) is 0 Å². The van der Waals surface area contributed by atoms with Crippen LogP contribution in [0, 0.1) is 11.6 Å². The zero-order valence-electron chi connectivity index (χ0n) is 19.5. The van der Waals surface area contributed by atoms with Crippen molar-refractivity contribution in [1.82, 2.24) is 24.5 Å². The van der Waals surface area contributed by atoms with Gasteiger partial charge in [-0.2, -0.15) is 14.6 Å². The second kappa shape index (κ2) is 8.98. The van der Waals surface area contributed by atoms with Crippen molar-refractivity contribution in [1.29, 1.82) is 0 Å². The zero-order valence-corrected chi connectivity index (χ0v) is 19.5. The molecule has 176 valence electrons. The summed E-state index contributed by atoms with van der Waals surface area (Å²) in [6.07, 6.45) is 1.58. The van der Waals surface area contributed by atoms with Gasteiger partial charge in [0.1, 0.15) is 11.6 Å². The molecule has 5 rings (SSSR count). The molecule has 34 heavy (non-hydrogen) atoms. The van der Waals surface area contributed by atoms with Gasteiger partial charge in [-0.25, -0.2) is 13.8 Å². The molecule has 1 N–H and O–H groups in total. The van der Waals surface area contributed by atoms with Crippen molar-refractivity contribution in [2.75, 3.05) is 43.4 Å². The van der Waals surface area contributed by atoms with Crippen LogP contribution in [-0.2, 0) is 0 Å². The molecule has 0 amide bonds. The molecule has 1 aliphatic heterocycles. The lowest BCUT2D eigenvalue weighted by atomic mass is 9.99. The van der Waals surface area contributed by atoms with Gasteiger partial charge in [-0.3, -0.25) is 0 Å². The molecule has 0 radical (unpaired) electrons. The van der Waals surface area contributed by atoms with E-state index in [1.54, 1.807) is 12.3 Å². The predicted octanol–water partition coefficient (Wildman–Crippen LogP) is 4.69. The van der Waals surface area contributed by atoms with Crippen LogP contribution in [0.15, 0.2) is 48.7 Å². The first-order chi connectivity index (χ1) is 16.4. The summed E-state index contributed by atoms with van der Waals surface area (Å²) in [7, 11) is 2.15. The molecule has 2 aromatic heterocycles. The summed E-state index contributed by atoms with van der Waals surface area (Å²) in [5.41, 5.74) is 3.45. The summed E-state index contributed by atoms with van der Waals surface area (Å²) < 4.78 is 30.4. The third-order valence-electron chi connectivity index (χ3n) is 6.19. The first-order valence-corrected chi connectivity index (χ1v) is 11.4. The lowest BCUT2D eigenvalue weighted by Gasteiger charge is -2.36. The zero-order chi connectivity index (χ0) is 23.8. The number of likely N-dealkylation sites (N-methyl/N-ethyl adjacent to an activating group) is 1. The largest absolute Gasteiger partial charge is 0.369 e. The number of nitrogens with zero attached hydrogens (tertiary/aromatic N) is 6. The fraction of sp³-hybridized carbons (Fsp3) is 0.320. The number of benzene rings is 2. The minimum atomic E-state index is -0.714. The lowest BCUT2D eigenvalue weighted by Crippen LogP contribution is -2.44. The Bertz CT molecular complexity index is 1310. The smallest absolute Gasteiger partial charge is 0.232 e. The quantitative estimate of drug-likeness (QED) is 0.464. The van der Waals surface area contributed by atoms with Gasteiger partial charge in [0.15, 0.2) is 11.5 Å². The maximum Gasteiger partial charge on any atom is 0.232 e. The van der Waals surface area contributed by atoms with Gasteiger partial charge in [0, 0.05) is 43.6 Å². The maximum absolute atomic E-state index is 14.4. The Hall–Kier alpha value is -3.59. The van der Waals surface area contributed by atoms with Crippen LogP contribution < -0.4 is 10.2 Å². The maximum atomic E-state index is 14.4. The van der Waals surface area contributed by atoms with E-state index in [4.69, 9.17) is 0 Å². The number of piperazine rings is 1. The van der Waals surface area contributed by atoms with Crippen molar-refractivity contribution >= 4 is 23.0 Å². The second-order valence-corrected chi connectivity index (χ2v) is 8.91. The number of anilines is 3. The lowest BCUT2D eigenvalue weighted by molar-refractivity contribution is 0.312. The fourth-order valence-corrected chi connectivity index (χ4v) is 4.29. The van der Waals surface area contributed by atoms with Gasteiger partial charge in [-0.1, -0.05) is 19.9 Å². The third kappa shape index (κ3) is 4.19. The molecule has 7 nitrogen and oxygen atoms in total. The second-order valence-electron chi connectivity index (χ2n) is 8.91. The molecule has 0 spiro atoms. The highest BCUT2D eigenvalue weighted by atomic mass is 19.1. The Labute approximate surface area is 197 Å². The van der Waals surface area contributed by atoms with Gasteiger partial charge < -0.3 is 15.1 Å². The van der Waals surface area contributed by atoms with Gasteiger partial charge in [0.25, 0.3) is 0 Å². The van der Waals surface area contributed by atoms with E-state index in [0.29, 0.717) is 17.5 Å². The first-order valence-electron chi connectivity index (χ1n) is 11.4. The molecule has 0 unspecified atom stereocenters. The highest BCUT2D eigenvalue weighted by Gasteiger charge is 2.20. The van der Waals surface area contributed by atoms with Gasteiger partial charge in [-0.05, 0) is 48.9 Å². The molecule has 1 saturated heterocycles. The number of rotatable bonds is 5. The van der Waals surface area contributed by atoms with E-state index in [0.717, 1.165) is 31.9 Å². The van der Waals surface area contributed by atoms with E-state index >= 15 is 0 Å². The van der Waals surface area contributed by atoms with Crippen LogP contribution in [0.1, 0.15) is 25.3 Å². The Balaban J connectivity index is 1.53. The van der Waals surface area contributed by atoms with Crippen molar-refractivity contribution in [3.63, 3.8) is 0 Å². The monoisotopic (exact) mass is 463 g/mol. The van der Waals surface area contributed by atoms with Crippen molar-refractivity contribution < 1.29 is 8.78 Å². The summed E-state index contributed by atoms with van der Waals surface area (Å²) in [4.78, 5) is 13.5. The van der Waals surface area contributed by atoms with Crippen LogP contribution in [0.25, 0.3) is 17.0 Å². The van der Waals surface area contributed by atoms with Crippen molar-refractivity contribution in [3.8, 4) is 11.4 Å². The summed E-state index contributed by atoms with van der Waals surface area (Å²) in [6.45, 7) is 8.39. The average Bonchev–Trinajstić information content (AvgIpc) is 3.29. The van der Waals surface area contributed by atoms with E-state index in [1.165, 1.54) is 34.0 Å². The average molecular weight is 464 g/mol. The fourth-order valence-electron chi connectivity index (χ4n) is 4.29. The molecular formula is C25H27F2N7. The Kier molecular flexibility index (Phi) is 5.87. The van der Waals surface area contributed by atoms with Crippen LogP contribution in [-0.4, -0.2) is 57.7 Å². The molecule has 0 aliphatic carbocycles. The minimum absolute atomic E-state index is 0.0377. The molecule has 1 aliphatic rings. The highest BCUT2D eigenvalue weighted by molar-refractivity contribution is 5.67. The normalized spacial score (nSPS) is 14.8. The van der Waals surface area contributed by atoms with Gasteiger partial charge in [-0.15, -0.1) is 0 Å². The molecule has 0 atom stereocenters. The van der Waals surface area contributed by atoms with Gasteiger partial charge in [0.05, 0.1) is 11.8 Å². The number of aromatic nitrogens is 4. The molecule has 1 fully saturated rings. The molecule has 4 aromatic rings. The van der Waals surface area contributed by atoms with E-state index < -0.39 is 11.6 Å². The molecule has 2 aromatic carbocycles. The van der Waals surface area contributed by atoms with E-state index in [9.17, 15) is 8.78 Å². The standard InChI is InChI=1S/C25H27F2N7/c1-16(2)18-15-17(7-8-21(18)33-13-11-32(3)12-14-33)29-25-31-24(30-22-9-10-28-34(22)25)23-19(26)5-4-6-20(23)27/h4-10,15-16H,11-14H2,1-3H3,(H,29,30,31). The topological polar surface area (TPSA) is 61.6 Å². The van der Waals surface area contributed by atoms with Crippen LogP contribution in [0.2, 0.25) is 0 Å². The number of hydrogen-bond donors (Lipinski definition) is 1. The van der Waals surface area contributed by atoms with Crippen molar-refractivity contribution in [2.45, 2.75) is 19.8 Å². The molecule has 3 heterocycles. The summed E-state index contributed by atoms with van der Waals surface area (Å²) in [6, 6.07) is 11.6. The van der Waals surface area contributed by atoms with Crippen molar-refractivity contribution in [3.05, 3.63) is 65.9 Å². The van der Waals surface area contributed by atoms with E-state index in [1.807, 2.05) is 6.07 Å². The Morgan fingerprint density at radius 2 is 1.68 bits per heavy atom. The van der Waals surface area contributed by atoms with Gasteiger partial charge >= 0.3 is 0 Å². The Morgan fingerprint density at radius 1 is 0.941 bits per heavy atom. The minimum Gasteiger partial charge on any atom is -0.369 e. The molecule has 9 heteroatoms. The molecular weight excluding hydrogens is 436 g/mol. The van der Waals surface area contributed by atoms with E-state index in [-0.39, 0.29) is 11.4 Å². The third-order valence-corrected chi connectivity index (χ3v) is 6.19. The summed E-state index contributed by atoms with van der Waals surface area (Å²) in [5.74, 6) is -0.824. The first kappa shape index (κ1) is 22.2. The van der Waals surface area contributed by atoms with Crippen molar-refractivity contribution in [2.24, 2.45) is 0 Å². The number of hydrogen-bond acceptors (Lipinski definition) is 6. The predicted molar refractivity (Wildman–Crippen MR) is 130 cm³/mol. The summed E-state index contributed by atoms with van der Waals surface area (Å²) >= 11 is 0. The Morgan fingerprint density at radius 3 is 2.38 bits per heavy atom. The molecule has 0 saturated carbocycles. The van der Waals surface area contributed by atoms with E-state index in [2.05, 4.69) is 63.2 Å². The SMILES string of the molecule is CC(C)c1cc(Nc2nc(-c3c(F)cccc3F)nc3ccnn23)ccc1N1CCN(C)CC1. The number of nitrogens with one attached hydrogen (secondary N) is 1. The van der Waals surface area contributed by atoms with Crippen LogP contribution in [0.4, 0.5) is 26.1 Å². The summed E-state index contributed by atoms with van der Waals surface area (Å²) in [5, 5.41) is 7.57. The highest BCUT2D eigenvalue weighted by Crippen LogP contribution is 2.32. The van der Waals surface area contributed by atoms with Crippen LogP contribution >= 0.6 is 0 Å². The number of fused-ring (bicyclic) bond motifs is 1. The molecule has 0 bridgehead atoms.